The molecule has 0 saturated carbocycles. The first-order chi connectivity index (χ1) is 9.45. The van der Waals surface area contributed by atoms with Gasteiger partial charge < -0.3 is 10.5 Å². The summed E-state index contributed by atoms with van der Waals surface area (Å²) >= 11 is 3.23. The zero-order valence-corrected chi connectivity index (χ0v) is 12.5. The van der Waals surface area contributed by atoms with E-state index in [-0.39, 0.29) is 17.7 Å². The molecule has 0 saturated heterocycles. The molecule has 2 nitrogen and oxygen atoms in total. The third-order valence-electron chi connectivity index (χ3n) is 2.68. The molecule has 20 heavy (non-hydrogen) atoms. The van der Waals surface area contributed by atoms with E-state index in [1.807, 2.05) is 6.92 Å². The van der Waals surface area contributed by atoms with Crippen molar-refractivity contribution in [2.75, 3.05) is 0 Å². The largest absolute Gasteiger partial charge is 0.456 e. The van der Waals surface area contributed by atoms with Crippen molar-refractivity contribution in [1.82, 2.24) is 0 Å². The van der Waals surface area contributed by atoms with Crippen LogP contribution in [0.5, 0.6) is 11.5 Å². The fourth-order valence-electron chi connectivity index (χ4n) is 1.83. The van der Waals surface area contributed by atoms with E-state index in [0.29, 0.717) is 28.0 Å². The molecule has 0 aliphatic carbocycles. The van der Waals surface area contributed by atoms with Crippen LogP contribution in [0.4, 0.5) is 8.78 Å². The predicted octanol–water partition coefficient (Wildman–Crippen LogP) is 4.41. The highest BCUT2D eigenvalue weighted by atomic mass is 79.9. The number of ether oxygens (including phenoxy) is 1. The lowest BCUT2D eigenvalue weighted by atomic mass is 10.1. The van der Waals surface area contributed by atoms with E-state index < -0.39 is 0 Å². The van der Waals surface area contributed by atoms with Crippen LogP contribution in [-0.4, -0.2) is 6.04 Å². The number of benzene rings is 2. The van der Waals surface area contributed by atoms with Gasteiger partial charge in [-0.3, -0.25) is 0 Å². The normalized spacial score (nSPS) is 12.2. The molecular weight excluding hydrogens is 328 g/mol. The van der Waals surface area contributed by atoms with E-state index in [2.05, 4.69) is 15.9 Å². The summed E-state index contributed by atoms with van der Waals surface area (Å²) in [5.41, 5.74) is 6.43. The van der Waals surface area contributed by atoms with Crippen molar-refractivity contribution < 1.29 is 13.5 Å². The Kier molecular flexibility index (Phi) is 4.73. The summed E-state index contributed by atoms with van der Waals surface area (Å²) < 4.78 is 32.6. The Morgan fingerprint density at radius 3 is 2.30 bits per heavy atom. The summed E-state index contributed by atoms with van der Waals surface area (Å²) in [6.45, 7) is 1.84. The SMILES string of the molecule is CC(N)Cc1cc(F)ccc1Oc1ccc(F)cc1Br. The summed E-state index contributed by atoms with van der Waals surface area (Å²) in [7, 11) is 0. The number of hydrogen-bond acceptors (Lipinski definition) is 2. The minimum absolute atomic E-state index is 0.115. The van der Waals surface area contributed by atoms with Crippen LogP contribution in [0.25, 0.3) is 0 Å². The van der Waals surface area contributed by atoms with Crippen LogP contribution in [0, 0.1) is 11.6 Å². The Balaban J connectivity index is 2.32. The van der Waals surface area contributed by atoms with Gasteiger partial charge >= 0.3 is 0 Å². The van der Waals surface area contributed by atoms with E-state index >= 15 is 0 Å². The first-order valence-electron chi connectivity index (χ1n) is 6.12. The van der Waals surface area contributed by atoms with E-state index in [4.69, 9.17) is 10.5 Å². The van der Waals surface area contributed by atoms with Gasteiger partial charge in [-0.05, 0) is 71.2 Å². The molecule has 5 heteroatoms. The quantitative estimate of drug-likeness (QED) is 0.893. The fraction of sp³-hybridized carbons (Fsp3) is 0.200. The number of nitrogens with two attached hydrogens (primary N) is 1. The lowest BCUT2D eigenvalue weighted by Crippen LogP contribution is -2.18. The maximum absolute atomic E-state index is 13.3. The highest BCUT2D eigenvalue weighted by Gasteiger charge is 2.11. The van der Waals surface area contributed by atoms with Crippen molar-refractivity contribution in [2.24, 2.45) is 5.73 Å². The molecule has 1 atom stereocenters. The zero-order valence-electron chi connectivity index (χ0n) is 10.9. The first kappa shape index (κ1) is 14.9. The highest BCUT2D eigenvalue weighted by molar-refractivity contribution is 9.10. The van der Waals surface area contributed by atoms with Gasteiger partial charge in [0.1, 0.15) is 23.1 Å². The summed E-state index contributed by atoms with van der Waals surface area (Å²) in [4.78, 5) is 0. The van der Waals surface area contributed by atoms with Gasteiger partial charge in [-0.25, -0.2) is 8.78 Å². The Morgan fingerprint density at radius 1 is 1.10 bits per heavy atom. The van der Waals surface area contributed by atoms with Gasteiger partial charge in [-0.2, -0.15) is 0 Å². The lowest BCUT2D eigenvalue weighted by molar-refractivity contribution is 0.466. The van der Waals surface area contributed by atoms with Gasteiger partial charge in [-0.15, -0.1) is 0 Å². The van der Waals surface area contributed by atoms with Gasteiger partial charge in [0.25, 0.3) is 0 Å². The Bertz CT molecular complexity index is 617. The zero-order chi connectivity index (χ0) is 14.7. The van der Waals surface area contributed by atoms with Gasteiger partial charge in [-0.1, -0.05) is 0 Å². The molecule has 2 aromatic rings. The van der Waals surface area contributed by atoms with Crippen molar-refractivity contribution in [3.63, 3.8) is 0 Å². The van der Waals surface area contributed by atoms with E-state index in [9.17, 15) is 8.78 Å². The van der Waals surface area contributed by atoms with Gasteiger partial charge in [0.2, 0.25) is 0 Å². The monoisotopic (exact) mass is 341 g/mol. The van der Waals surface area contributed by atoms with Gasteiger partial charge in [0.15, 0.2) is 0 Å². The molecule has 0 amide bonds. The summed E-state index contributed by atoms with van der Waals surface area (Å²) in [5.74, 6) is 0.269. The van der Waals surface area contributed by atoms with E-state index in [0.717, 1.165) is 0 Å². The third kappa shape index (κ3) is 3.77. The summed E-state index contributed by atoms with van der Waals surface area (Å²) in [6, 6.07) is 8.27. The topological polar surface area (TPSA) is 35.2 Å². The summed E-state index contributed by atoms with van der Waals surface area (Å²) in [6.07, 6.45) is 0.492. The molecule has 2 N–H and O–H groups in total. The van der Waals surface area contributed by atoms with Crippen LogP contribution in [0.2, 0.25) is 0 Å². The molecule has 0 aromatic heterocycles. The maximum atomic E-state index is 13.3. The number of rotatable bonds is 4. The van der Waals surface area contributed by atoms with Crippen LogP contribution in [0.1, 0.15) is 12.5 Å². The minimum Gasteiger partial charge on any atom is -0.456 e. The Labute approximate surface area is 124 Å². The Hall–Kier alpha value is -1.46. The number of halogens is 3. The van der Waals surface area contributed by atoms with Crippen LogP contribution in [-0.2, 0) is 6.42 Å². The highest BCUT2D eigenvalue weighted by Crippen LogP contribution is 2.32. The van der Waals surface area contributed by atoms with E-state index in [1.165, 1.54) is 30.3 Å². The van der Waals surface area contributed by atoms with Crippen molar-refractivity contribution >= 4 is 15.9 Å². The first-order valence-corrected chi connectivity index (χ1v) is 6.92. The second kappa shape index (κ2) is 6.33. The molecule has 0 spiro atoms. The molecule has 0 bridgehead atoms. The molecule has 2 rings (SSSR count). The van der Waals surface area contributed by atoms with Crippen molar-refractivity contribution in [1.29, 1.82) is 0 Å². The second-order valence-electron chi connectivity index (χ2n) is 4.61. The molecule has 1 unspecified atom stereocenters. The van der Waals surface area contributed by atoms with Crippen molar-refractivity contribution in [2.45, 2.75) is 19.4 Å². The number of hydrogen-bond donors (Lipinski definition) is 1. The van der Waals surface area contributed by atoms with E-state index in [1.54, 1.807) is 6.07 Å². The molecular formula is C15H14BrF2NO. The Morgan fingerprint density at radius 2 is 1.70 bits per heavy atom. The van der Waals surface area contributed by atoms with Crippen LogP contribution in [0.3, 0.4) is 0 Å². The van der Waals surface area contributed by atoms with Crippen LogP contribution >= 0.6 is 15.9 Å². The summed E-state index contributed by atoms with van der Waals surface area (Å²) in [5, 5.41) is 0. The third-order valence-corrected chi connectivity index (χ3v) is 3.30. The molecule has 0 radical (unpaired) electrons. The van der Waals surface area contributed by atoms with Crippen molar-refractivity contribution in [3.05, 3.63) is 58.1 Å². The maximum Gasteiger partial charge on any atom is 0.141 e. The average molecular weight is 342 g/mol. The predicted molar refractivity (Wildman–Crippen MR) is 77.9 cm³/mol. The fourth-order valence-corrected chi connectivity index (χ4v) is 2.26. The molecule has 2 aromatic carbocycles. The van der Waals surface area contributed by atoms with Gasteiger partial charge in [0.05, 0.1) is 4.47 Å². The average Bonchev–Trinajstić information content (AvgIpc) is 2.34. The molecule has 106 valence electrons. The van der Waals surface area contributed by atoms with Crippen LogP contribution in [0.15, 0.2) is 40.9 Å². The minimum atomic E-state index is -0.362. The molecule has 0 fully saturated rings. The smallest absolute Gasteiger partial charge is 0.141 e. The van der Waals surface area contributed by atoms with Crippen molar-refractivity contribution in [3.8, 4) is 11.5 Å². The second-order valence-corrected chi connectivity index (χ2v) is 5.46. The molecule has 0 aliphatic heterocycles. The lowest BCUT2D eigenvalue weighted by Gasteiger charge is -2.14. The standard InChI is InChI=1S/C15H14BrF2NO/c1-9(19)6-10-7-11(17)2-4-14(10)20-15-5-3-12(18)8-13(15)16/h2-5,7-9H,6,19H2,1H3. The molecule has 0 aliphatic rings. The van der Waals surface area contributed by atoms with Crippen LogP contribution < -0.4 is 10.5 Å². The van der Waals surface area contributed by atoms with Gasteiger partial charge in [0, 0.05) is 6.04 Å². The molecule has 0 heterocycles.